The molecule has 1 heterocycles. The van der Waals surface area contributed by atoms with Crippen molar-refractivity contribution < 1.29 is 9.84 Å². The van der Waals surface area contributed by atoms with Gasteiger partial charge in [-0.05, 0) is 48.0 Å². The van der Waals surface area contributed by atoms with E-state index >= 15 is 0 Å². The highest BCUT2D eigenvalue weighted by molar-refractivity contribution is 7.99. The zero-order chi connectivity index (χ0) is 17.6. The van der Waals surface area contributed by atoms with Crippen LogP contribution >= 0.6 is 11.8 Å². The van der Waals surface area contributed by atoms with Crippen molar-refractivity contribution in [2.45, 2.75) is 25.1 Å². The molecule has 1 N–H and O–H groups in total. The second-order valence-corrected chi connectivity index (χ2v) is 6.74. The maximum atomic E-state index is 10.2. The number of benzene rings is 2. The molecule has 1 aromatic heterocycles. The number of para-hydroxylation sites is 1. The van der Waals surface area contributed by atoms with Crippen molar-refractivity contribution in [1.29, 1.82) is 0 Å². The van der Waals surface area contributed by atoms with Gasteiger partial charge in [-0.15, -0.1) is 5.10 Å². The molecule has 0 aliphatic rings. The first-order chi connectivity index (χ1) is 12.1. The topological polar surface area (TPSA) is 73.1 Å². The van der Waals surface area contributed by atoms with E-state index in [1.54, 1.807) is 4.68 Å². The Bertz CT molecular complexity index is 820. The molecule has 0 saturated heterocycles. The second-order valence-electron chi connectivity index (χ2n) is 5.75. The number of aromatic nitrogens is 4. The molecule has 0 aliphatic carbocycles. The number of aliphatic hydroxyl groups excluding tert-OH is 1. The van der Waals surface area contributed by atoms with Crippen LogP contribution in [-0.2, 0) is 0 Å². The maximum absolute atomic E-state index is 10.2. The smallest absolute Gasteiger partial charge is 0.214 e. The Kier molecular flexibility index (Phi) is 5.67. The zero-order valence-electron chi connectivity index (χ0n) is 14.2. The molecule has 130 valence electrons. The average Bonchev–Trinajstić information content (AvgIpc) is 3.08. The van der Waals surface area contributed by atoms with Crippen LogP contribution in [0.15, 0.2) is 53.7 Å². The number of tetrazole rings is 1. The Morgan fingerprint density at radius 1 is 1.12 bits per heavy atom. The molecule has 2 aromatic carbocycles. The normalized spacial score (nSPS) is 12.1. The van der Waals surface area contributed by atoms with E-state index in [0.29, 0.717) is 10.9 Å². The lowest BCUT2D eigenvalue weighted by atomic mass is 10.2. The fourth-order valence-corrected chi connectivity index (χ4v) is 3.06. The fraction of sp³-hybridized carbons (Fsp3) is 0.278. The highest BCUT2D eigenvalue weighted by Crippen LogP contribution is 2.21. The number of aryl methyl sites for hydroxylation is 2. The molecule has 0 radical (unpaired) electrons. The average molecular weight is 356 g/mol. The van der Waals surface area contributed by atoms with Gasteiger partial charge in [0, 0.05) is 5.75 Å². The molecule has 25 heavy (non-hydrogen) atoms. The first-order valence-electron chi connectivity index (χ1n) is 7.98. The van der Waals surface area contributed by atoms with Crippen LogP contribution in [0.3, 0.4) is 0 Å². The number of aliphatic hydroxyl groups is 1. The highest BCUT2D eigenvalue weighted by atomic mass is 32.2. The van der Waals surface area contributed by atoms with Crippen molar-refractivity contribution in [3.8, 4) is 11.4 Å². The molecule has 0 aliphatic heterocycles. The molecule has 0 unspecified atom stereocenters. The van der Waals surface area contributed by atoms with Gasteiger partial charge in [-0.2, -0.15) is 4.68 Å². The van der Waals surface area contributed by atoms with E-state index in [4.69, 9.17) is 4.74 Å². The van der Waals surface area contributed by atoms with Gasteiger partial charge in [-0.1, -0.05) is 47.7 Å². The lowest BCUT2D eigenvalue weighted by molar-refractivity contribution is 0.126. The summed E-state index contributed by atoms with van der Waals surface area (Å²) in [6, 6.07) is 15.6. The Labute approximate surface area is 150 Å². The number of ether oxygens (including phenoxy) is 1. The molecule has 1 atom stereocenters. The molecule has 3 aromatic rings. The number of rotatable bonds is 7. The van der Waals surface area contributed by atoms with E-state index in [0.717, 1.165) is 17.0 Å². The van der Waals surface area contributed by atoms with Gasteiger partial charge in [0.1, 0.15) is 12.4 Å². The van der Waals surface area contributed by atoms with Gasteiger partial charge in [-0.3, -0.25) is 0 Å². The van der Waals surface area contributed by atoms with Crippen molar-refractivity contribution >= 4 is 11.8 Å². The molecular weight excluding hydrogens is 336 g/mol. The first kappa shape index (κ1) is 17.4. The van der Waals surface area contributed by atoms with Gasteiger partial charge in [0.2, 0.25) is 5.16 Å². The standard InChI is InChI=1S/C18H20N4O2S/c1-13-7-9-16(10-8-13)24-11-15(23)12-25-18-19-20-21-22(18)17-6-4-3-5-14(17)2/h3-10,15,23H,11-12H2,1-2H3/t15-/m0/s1. The van der Waals surface area contributed by atoms with E-state index in [1.807, 2.05) is 62.4 Å². The van der Waals surface area contributed by atoms with Gasteiger partial charge in [-0.25, -0.2) is 0 Å². The van der Waals surface area contributed by atoms with Crippen molar-refractivity contribution in [3.63, 3.8) is 0 Å². The van der Waals surface area contributed by atoms with Crippen molar-refractivity contribution in [1.82, 2.24) is 20.2 Å². The lowest BCUT2D eigenvalue weighted by Gasteiger charge is -2.12. The molecule has 0 spiro atoms. The minimum Gasteiger partial charge on any atom is -0.491 e. The van der Waals surface area contributed by atoms with E-state index < -0.39 is 6.10 Å². The summed E-state index contributed by atoms with van der Waals surface area (Å²) in [5, 5.41) is 22.6. The van der Waals surface area contributed by atoms with E-state index in [1.165, 1.54) is 17.3 Å². The summed E-state index contributed by atoms with van der Waals surface area (Å²) >= 11 is 1.40. The third-order valence-corrected chi connectivity index (χ3v) is 4.72. The van der Waals surface area contributed by atoms with Crippen LogP contribution in [0.2, 0.25) is 0 Å². The molecule has 0 saturated carbocycles. The van der Waals surface area contributed by atoms with Gasteiger partial charge in [0.25, 0.3) is 0 Å². The summed E-state index contributed by atoms with van der Waals surface area (Å²) in [5.74, 6) is 1.19. The minimum atomic E-state index is -0.617. The van der Waals surface area contributed by atoms with Gasteiger partial charge >= 0.3 is 0 Å². The predicted molar refractivity (Wildman–Crippen MR) is 97.3 cm³/mol. The Hall–Kier alpha value is -2.38. The van der Waals surface area contributed by atoms with Crippen LogP contribution < -0.4 is 4.74 Å². The Morgan fingerprint density at radius 2 is 1.88 bits per heavy atom. The number of hydrogen-bond acceptors (Lipinski definition) is 6. The summed E-state index contributed by atoms with van der Waals surface area (Å²) in [4.78, 5) is 0. The monoisotopic (exact) mass is 356 g/mol. The summed E-state index contributed by atoms with van der Waals surface area (Å²) in [6.45, 7) is 4.26. The predicted octanol–water partition coefficient (Wildman–Crippen LogP) is 2.81. The third-order valence-electron chi connectivity index (χ3n) is 3.65. The molecule has 0 fully saturated rings. The summed E-state index contributed by atoms with van der Waals surface area (Å²) in [5.41, 5.74) is 3.19. The molecule has 0 amide bonds. The number of hydrogen-bond donors (Lipinski definition) is 1. The van der Waals surface area contributed by atoms with Gasteiger partial charge < -0.3 is 9.84 Å². The molecule has 3 rings (SSSR count). The minimum absolute atomic E-state index is 0.224. The van der Waals surface area contributed by atoms with E-state index in [9.17, 15) is 5.11 Å². The molecule has 0 bridgehead atoms. The van der Waals surface area contributed by atoms with Crippen LogP contribution in [0, 0.1) is 13.8 Å². The van der Waals surface area contributed by atoms with Crippen LogP contribution in [0.5, 0.6) is 5.75 Å². The zero-order valence-corrected chi connectivity index (χ0v) is 15.0. The van der Waals surface area contributed by atoms with Crippen LogP contribution in [-0.4, -0.2) is 43.8 Å². The fourth-order valence-electron chi connectivity index (χ4n) is 2.27. The summed E-state index contributed by atoms with van der Waals surface area (Å²) in [6.07, 6.45) is -0.617. The molecule has 6 nitrogen and oxygen atoms in total. The third kappa shape index (κ3) is 4.58. The number of nitrogens with zero attached hydrogens (tertiary/aromatic N) is 4. The van der Waals surface area contributed by atoms with Crippen LogP contribution in [0.25, 0.3) is 5.69 Å². The summed E-state index contributed by atoms with van der Waals surface area (Å²) in [7, 11) is 0. The Balaban J connectivity index is 1.56. The van der Waals surface area contributed by atoms with Crippen molar-refractivity contribution in [2.75, 3.05) is 12.4 Å². The van der Waals surface area contributed by atoms with Gasteiger partial charge in [0.15, 0.2) is 0 Å². The lowest BCUT2D eigenvalue weighted by Crippen LogP contribution is -2.20. The SMILES string of the molecule is Cc1ccc(OC[C@H](O)CSc2nnnn2-c2ccccc2C)cc1. The second kappa shape index (κ2) is 8.13. The van der Waals surface area contributed by atoms with Crippen LogP contribution in [0.1, 0.15) is 11.1 Å². The number of thioether (sulfide) groups is 1. The molecular formula is C18H20N4O2S. The highest BCUT2D eigenvalue weighted by Gasteiger charge is 2.13. The Morgan fingerprint density at radius 3 is 2.64 bits per heavy atom. The van der Waals surface area contributed by atoms with E-state index in [-0.39, 0.29) is 6.61 Å². The largest absolute Gasteiger partial charge is 0.491 e. The molecule has 7 heteroatoms. The van der Waals surface area contributed by atoms with E-state index in [2.05, 4.69) is 15.5 Å². The maximum Gasteiger partial charge on any atom is 0.214 e. The van der Waals surface area contributed by atoms with Crippen molar-refractivity contribution in [3.05, 3.63) is 59.7 Å². The van der Waals surface area contributed by atoms with Crippen LogP contribution in [0.4, 0.5) is 0 Å². The van der Waals surface area contributed by atoms with Crippen molar-refractivity contribution in [2.24, 2.45) is 0 Å². The first-order valence-corrected chi connectivity index (χ1v) is 8.97. The summed E-state index contributed by atoms with van der Waals surface area (Å²) < 4.78 is 7.29. The quantitative estimate of drug-likeness (QED) is 0.656. The van der Waals surface area contributed by atoms with Gasteiger partial charge in [0.05, 0.1) is 11.8 Å².